The molecular formula is C19H18F3N3O4. The van der Waals surface area contributed by atoms with Crippen LogP contribution in [0.5, 0.6) is 5.75 Å². The number of halogens is 3. The fourth-order valence-corrected chi connectivity index (χ4v) is 2.61. The second kappa shape index (κ2) is 8.38. The van der Waals surface area contributed by atoms with Crippen molar-refractivity contribution in [3.8, 4) is 17.2 Å². The van der Waals surface area contributed by atoms with Crippen LogP contribution in [0.3, 0.4) is 0 Å². The van der Waals surface area contributed by atoms with E-state index in [1.165, 1.54) is 13.2 Å². The Morgan fingerprint density at radius 3 is 2.52 bits per heavy atom. The third-order valence-electron chi connectivity index (χ3n) is 3.81. The fourth-order valence-electron chi connectivity index (χ4n) is 2.61. The van der Waals surface area contributed by atoms with Crippen LogP contribution in [0, 0.1) is 0 Å². The smallest absolute Gasteiger partial charge is 0.436 e. The van der Waals surface area contributed by atoms with Gasteiger partial charge in [0, 0.05) is 11.8 Å². The van der Waals surface area contributed by atoms with Gasteiger partial charge in [-0.25, -0.2) is 9.78 Å². The number of hydrogen-bond donors (Lipinski definition) is 0. The first-order valence-electron chi connectivity index (χ1n) is 8.81. The van der Waals surface area contributed by atoms with Crippen molar-refractivity contribution in [2.75, 3.05) is 13.2 Å². The highest BCUT2D eigenvalue weighted by atomic mass is 19.4. The number of ether oxygens (including phenoxy) is 2. The van der Waals surface area contributed by atoms with E-state index in [-0.39, 0.29) is 13.2 Å². The minimum Gasteiger partial charge on any atom is -0.494 e. The van der Waals surface area contributed by atoms with E-state index in [1.807, 2.05) is 6.92 Å². The van der Waals surface area contributed by atoms with Crippen LogP contribution in [-0.4, -0.2) is 33.9 Å². The summed E-state index contributed by atoms with van der Waals surface area (Å²) in [6.45, 7) is 3.77. The molecule has 29 heavy (non-hydrogen) atoms. The number of carbonyl (C=O) groups is 1. The van der Waals surface area contributed by atoms with E-state index in [4.69, 9.17) is 9.15 Å². The molecule has 2 aromatic heterocycles. The summed E-state index contributed by atoms with van der Waals surface area (Å²) in [7, 11) is 0. The molecule has 3 aromatic rings. The van der Waals surface area contributed by atoms with Crippen LogP contribution in [0.1, 0.15) is 35.6 Å². The van der Waals surface area contributed by atoms with Gasteiger partial charge in [-0.1, -0.05) is 0 Å². The molecule has 0 bridgehead atoms. The molecule has 154 valence electrons. The topological polar surface area (TPSA) is 79.4 Å². The molecule has 7 nitrogen and oxygen atoms in total. The van der Waals surface area contributed by atoms with Crippen molar-refractivity contribution in [2.24, 2.45) is 0 Å². The van der Waals surface area contributed by atoms with Crippen LogP contribution in [0.15, 0.2) is 41.1 Å². The second-order valence-electron chi connectivity index (χ2n) is 5.91. The third kappa shape index (κ3) is 4.76. The highest BCUT2D eigenvalue weighted by Gasteiger charge is 2.39. The molecule has 0 spiro atoms. The highest BCUT2D eigenvalue weighted by molar-refractivity contribution is 5.90. The summed E-state index contributed by atoms with van der Waals surface area (Å²) < 4.78 is 56.0. The number of nitrogens with zero attached hydrogens (tertiary/aromatic N) is 3. The lowest BCUT2D eigenvalue weighted by Crippen LogP contribution is -2.14. The van der Waals surface area contributed by atoms with E-state index >= 15 is 0 Å². The van der Waals surface area contributed by atoms with E-state index in [1.54, 1.807) is 24.3 Å². The molecule has 10 heteroatoms. The molecule has 3 rings (SSSR count). The maximum Gasteiger partial charge on any atom is 0.436 e. The lowest BCUT2D eigenvalue weighted by Gasteiger charge is -2.05. The number of esters is 1. The minimum atomic E-state index is -4.79. The number of rotatable bonds is 7. The Labute approximate surface area is 164 Å². The van der Waals surface area contributed by atoms with E-state index in [0.717, 1.165) is 10.9 Å². The molecule has 0 aliphatic rings. The van der Waals surface area contributed by atoms with Crippen LogP contribution < -0.4 is 4.74 Å². The Morgan fingerprint density at radius 1 is 1.17 bits per heavy atom. The van der Waals surface area contributed by atoms with Crippen LogP contribution in [0.4, 0.5) is 13.2 Å². The van der Waals surface area contributed by atoms with E-state index in [9.17, 15) is 18.0 Å². The summed E-state index contributed by atoms with van der Waals surface area (Å²) in [6, 6.07) is 7.04. The number of oxazole rings is 1. The number of carbonyl (C=O) groups excluding carboxylic acids is 1. The first kappa shape index (κ1) is 20.4. The normalized spacial score (nSPS) is 11.5. The van der Waals surface area contributed by atoms with Gasteiger partial charge in [-0.05, 0) is 38.1 Å². The molecular weight excluding hydrogens is 391 g/mol. The monoisotopic (exact) mass is 409 g/mol. The van der Waals surface area contributed by atoms with Gasteiger partial charge < -0.3 is 13.9 Å². The van der Waals surface area contributed by atoms with Gasteiger partial charge >= 0.3 is 12.1 Å². The predicted molar refractivity (Wildman–Crippen MR) is 95.4 cm³/mol. The molecule has 0 aliphatic carbocycles. The van der Waals surface area contributed by atoms with Gasteiger partial charge in [0.25, 0.3) is 0 Å². The standard InChI is InChI=1S/C19H18F3N3O4/c1-3-27-14-7-5-12(6-8-14)17-23-13(11-29-17)9-25-10-15(18(26)28-4-2)16(24-25)19(20,21)22/h5-8,10-11H,3-4,9H2,1-2H3. The van der Waals surface area contributed by atoms with Gasteiger partial charge in [0.1, 0.15) is 23.3 Å². The van der Waals surface area contributed by atoms with Crippen molar-refractivity contribution in [1.29, 1.82) is 0 Å². The van der Waals surface area contributed by atoms with Crippen molar-refractivity contribution in [2.45, 2.75) is 26.6 Å². The van der Waals surface area contributed by atoms with Crippen molar-refractivity contribution < 1.29 is 31.9 Å². The SMILES string of the molecule is CCOC(=O)c1cn(Cc2coc(-c3ccc(OCC)cc3)n2)nc1C(F)(F)F. The van der Waals surface area contributed by atoms with Crippen LogP contribution in [0.2, 0.25) is 0 Å². The zero-order valence-electron chi connectivity index (χ0n) is 15.7. The molecule has 0 radical (unpaired) electrons. The van der Waals surface area contributed by atoms with Gasteiger partial charge in [0.05, 0.1) is 19.8 Å². The van der Waals surface area contributed by atoms with Gasteiger partial charge in [-0.2, -0.15) is 18.3 Å². The van der Waals surface area contributed by atoms with Crippen molar-refractivity contribution >= 4 is 5.97 Å². The number of benzene rings is 1. The molecule has 0 saturated heterocycles. The molecule has 0 fully saturated rings. The Morgan fingerprint density at radius 2 is 1.90 bits per heavy atom. The molecule has 0 N–H and O–H groups in total. The lowest BCUT2D eigenvalue weighted by molar-refractivity contribution is -0.142. The largest absolute Gasteiger partial charge is 0.494 e. The van der Waals surface area contributed by atoms with E-state index in [0.29, 0.717) is 29.5 Å². The van der Waals surface area contributed by atoms with Gasteiger partial charge in [0.15, 0.2) is 5.69 Å². The average Bonchev–Trinajstić information content (AvgIpc) is 3.30. The Bertz CT molecular complexity index is 977. The molecule has 0 aliphatic heterocycles. The first-order chi connectivity index (χ1) is 13.8. The number of alkyl halides is 3. The van der Waals surface area contributed by atoms with Crippen LogP contribution in [-0.2, 0) is 17.5 Å². The molecule has 1 aromatic carbocycles. The maximum atomic E-state index is 13.2. The zero-order chi connectivity index (χ0) is 21.0. The van der Waals surface area contributed by atoms with Gasteiger partial charge in [0.2, 0.25) is 5.89 Å². The lowest BCUT2D eigenvalue weighted by atomic mass is 10.2. The van der Waals surface area contributed by atoms with Gasteiger partial charge in [-0.3, -0.25) is 4.68 Å². The van der Waals surface area contributed by atoms with E-state index < -0.39 is 23.4 Å². The average molecular weight is 409 g/mol. The van der Waals surface area contributed by atoms with Crippen LogP contribution in [0.25, 0.3) is 11.5 Å². The molecule has 2 heterocycles. The van der Waals surface area contributed by atoms with Crippen LogP contribution >= 0.6 is 0 Å². The quantitative estimate of drug-likeness (QED) is 0.545. The Hall–Kier alpha value is -3.30. The second-order valence-corrected chi connectivity index (χ2v) is 5.91. The molecule has 0 atom stereocenters. The van der Waals surface area contributed by atoms with Crippen molar-refractivity contribution in [3.05, 3.63) is 53.7 Å². The first-order valence-corrected chi connectivity index (χ1v) is 8.81. The summed E-state index contributed by atoms with van der Waals surface area (Å²) in [5.41, 5.74) is -0.912. The van der Waals surface area contributed by atoms with E-state index in [2.05, 4.69) is 14.8 Å². The summed E-state index contributed by atoms with van der Waals surface area (Å²) in [6.07, 6.45) is -2.47. The fraction of sp³-hybridized carbons (Fsp3) is 0.316. The molecule has 0 saturated carbocycles. The summed E-state index contributed by atoms with van der Waals surface area (Å²) >= 11 is 0. The number of hydrogen-bond acceptors (Lipinski definition) is 6. The van der Waals surface area contributed by atoms with Crippen molar-refractivity contribution in [3.63, 3.8) is 0 Å². The third-order valence-corrected chi connectivity index (χ3v) is 3.81. The molecule has 0 amide bonds. The van der Waals surface area contributed by atoms with Crippen molar-refractivity contribution in [1.82, 2.24) is 14.8 Å². The molecule has 0 unspecified atom stereocenters. The minimum absolute atomic E-state index is 0.0456. The Balaban J connectivity index is 1.81. The number of aromatic nitrogens is 3. The summed E-state index contributed by atoms with van der Waals surface area (Å²) in [4.78, 5) is 16.1. The van der Waals surface area contributed by atoms with Gasteiger partial charge in [-0.15, -0.1) is 0 Å². The summed E-state index contributed by atoms with van der Waals surface area (Å²) in [5, 5.41) is 3.49. The highest BCUT2D eigenvalue weighted by Crippen LogP contribution is 2.31. The Kier molecular flexibility index (Phi) is 5.90. The zero-order valence-corrected chi connectivity index (χ0v) is 15.7. The predicted octanol–water partition coefficient (Wildman–Crippen LogP) is 4.18. The summed E-state index contributed by atoms with van der Waals surface area (Å²) in [5.74, 6) is -0.0797. The maximum absolute atomic E-state index is 13.2.